The third kappa shape index (κ3) is 3.03. The average molecular weight is 237 g/mol. The van der Waals surface area contributed by atoms with Crippen molar-refractivity contribution >= 4 is 0 Å². The number of nitrogens with one attached hydrogen (secondary N) is 1. The summed E-state index contributed by atoms with van der Waals surface area (Å²) in [6.07, 6.45) is 12.1. The van der Waals surface area contributed by atoms with Crippen LogP contribution in [0.1, 0.15) is 57.8 Å². The van der Waals surface area contributed by atoms with E-state index in [0.717, 1.165) is 30.8 Å². The third-order valence-electron chi connectivity index (χ3n) is 5.29. The Bertz CT molecular complexity index is 251. The minimum Gasteiger partial charge on any atom is -0.393 e. The summed E-state index contributed by atoms with van der Waals surface area (Å²) in [4.78, 5) is 0. The van der Waals surface area contributed by atoms with Crippen LogP contribution in [0.2, 0.25) is 0 Å². The summed E-state index contributed by atoms with van der Waals surface area (Å²) in [5, 5.41) is 13.6. The second-order valence-electron chi connectivity index (χ2n) is 6.63. The van der Waals surface area contributed by atoms with Gasteiger partial charge in [-0.05, 0) is 56.3 Å². The van der Waals surface area contributed by atoms with Gasteiger partial charge >= 0.3 is 0 Å². The van der Waals surface area contributed by atoms with Gasteiger partial charge in [0, 0.05) is 12.6 Å². The first kappa shape index (κ1) is 12.0. The maximum Gasteiger partial charge on any atom is 0.0580 e. The molecule has 0 aromatic rings. The van der Waals surface area contributed by atoms with Gasteiger partial charge in [-0.15, -0.1) is 0 Å². The van der Waals surface area contributed by atoms with Crippen LogP contribution in [0, 0.1) is 17.8 Å². The highest BCUT2D eigenvalue weighted by Gasteiger charge is 2.35. The molecule has 3 aliphatic carbocycles. The maximum absolute atomic E-state index is 9.83. The molecule has 2 heteroatoms. The van der Waals surface area contributed by atoms with Crippen molar-refractivity contribution in [2.24, 2.45) is 17.8 Å². The molecule has 3 fully saturated rings. The fourth-order valence-electron chi connectivity index (χ4n) is 3.98. The van der Waals surface area contributed by atoms with Crippen LogP contribution in [0.3, 0.4) is 0 Å². The van der Waals surface area contributed by atoms with Gasteiger partial charge in [-0.1, -0.05) is 19.3 Å². The van der Waals surface area contributed by atoms with Gasteiger partial charge in [-0.3, -0.25) is 0 Å². The van der Waals surface area contributed by atoms with Crippen LogP contribution in [-0.2, 0) is 0 Å². The normalized spacial score (nSPS) is 42.9. The first-order valence-electron chi connectivity index (χ1n) is 7.74. The summed E-state index contributed by atoms with van der Waals surface area (Å²) in [6, 6.07) is 0.752. The molecule has 0 heterocycles. The molecule has 4 atom stereocenters. The van der Waals surface area contributed by atoms with Crippen LogP contribution < -0.4 is 5.32 Å². The van der Waals surface area contributed by atoms with Gasteiger partial charge in [0.05, 0.1) is 6.10 Å². The van der Waals surface area contributed by atoms with E-state index in [1.807, 2.05) is 0 Å². The molecule has 0 aliphatic heterocycles. The Kier molecular flexibility index (Phi) is 3.72. The Labute approximate surface area is 105 Å². The summed E-state index contributed by atoms with van der Waals surface area (Å²) in [7, 11) is 0. The number of rotatable bonds is 4. The zero-order valence-corrected chi connectivity index (χ0v) is 10.9. The van der Waals surface area contributed by atoms with Gasteiger partial charge in [-0.25, -0.2) is 0 Å². The zero-order valence-electron chi connectivity index (χ0n) is 10.9. The molecule has 0 radical (unpaired) electrons. The van der Waals surface area contributed by atoms with E-state index in [-0.39, 0.29) is 6.10 Å². The van der Waals surface area contributed by atoms with Gasteiger partial charge in [0.25, 0.3) is 0 Å². The van der Waals surface area contributed by atoms with Crippen LogP contribution in [0.5, 0.6) is 0 Å². The Hall–Kier alpha value is -0.0800. The fraction of sp³-hybridized carbons (Fsp3) is 1.00. The molecule has 0 amide bonds. The van der Waals surface area contributed by atoms with Crippen LogP contribution in [0.4, 0.5) is 0 Å². The number of aliphatic hydroxyl groups is 1. The summed E-state index contributed by atoms with van der Waals surface area (Å²) < 4.78 is 0. The second kappa shape index (κ2) is 5.27. The second-order valence-corrected chi connectivity index (χ2v) is 6.63. The molecule has 17 heavy (non-hydrogen) atoms. The molecule has 0 aromatic heterocycles. The van der Waals surface area contributed by atoms with Crippen molar-refractivity contribution in [1.82, 2.24) is 5.32 Å². The van der Waals surface area contributed by atoms with Crippen molar-refractivity contribution < 1.29 is 5.11 Å². The first-order valence-corrected chi connectivity index (χ1v) is 7.74. The minimum absolute atomic E-state index is 0.0229. The summed E-state index contributed by atoms with van der Waals surface area (Å²) in [5.41, 5.74) is 0. The number of hydrogen-bond donors (Lipinski definition) is 2. The molecule has 2 nitrogen and oxygen atoms in total. The summed E-state index contributed by atoms with van der Waals surface area (Å²) >= 11 is 0. The van der Waals surface area contributed by atoms with Crippen molar-refractivity contribution in [2.75, 3.05) is 6.54 Å². The van der Waals surface area contributed by atoms with E-state index >= 15 is 0 Å². The van der Waals surface area contributed by atoms with E-state index < -0.39 is 0 Å². The SMILES string of the molecule is OC1CCCC1CNC1CCCC(C2CC2)C1. The van der Waals surface area contributed by atoms with Crippen molar-refractivity contribution in [3.8, 4) is 0 Å². The van der Waals surface area contributed by atoms with E-state index in [1.165, 1.54) is 51.4 Å². The van der Waals surface area contributed by atoms with Crippen molar-refractivity contribution in [3.63, 3.8) is 0 Å². The van der Waals surface area contributed by atoms with Crippen LogP contribution >= 0.6 is 0 Å². The van der Waals surface area contributed by atoms with E-state index in [4.69, 9.17) is 0 Å². The van der Waals surface area contributed by atoms with Gasteiger partial charge < -0.3 is 10.4 Å². The van der Waals surface area contributed by atoms with Crippen molar-refractivity contribution in [1.29, 1.82) is 0 Å². The van der Waals surface area contributed by atoms with Crippen molar-refractivity contribution in [2.45, 2.75) is 69.9 Å². The molecule has 4 unspecified atom stereocenters. The molecule has 0 saturated heterocycles. The van der Waals surface area contributed by atoms with E-state index in [0.29, 0.717) is 5.92 Å². The fourth-order valence-corrected chi connectivity index (χ4v) is 3.98. The molecule has 3 saturated carbocycles. The topological polar surface area (TPSA) is 32.3 Å². The monoisotopic (exact) mass is 237 g/mol. The van der Waals surface area contributed by atoms with Gasteiger partial charge in [0.2, 0.25) is 0 Å². The quantitative estimate of drug-likeness (QED) is 0.788. The molecule has 3 aliphatic rings. The molecular weight excluding hydrogens is 210 g/mol. The largest absolute Gasteiger partial charge is 0.393 e. The lowest BCUT2D eigenvalue weighted by molar-refractivity contribution is 0.126. The van der Waals surface area contributed by atoms with E-state index in [1.54, 1.807) is 0 Å². The summed E-state index contributed by atoms with van der Waals surface area (Å²) in [6.45, 7) is 1.06. The highest BCUT2D eigenvalue weighted by Crippen LogP contribution is 2.43. The highest BCUT2D eigenvalue weighted by atomic mass is 16.3. The number of hydrogen-bond acceptors (Lipinski definition) is 2. The maximum atomic E-state index is 9.83. The number of aliphatic hydroxyl groups excluding tert-OH is 1. The average Bonchev–Trinajstić information content (AvgIpc) is 3.12. The Morgan fingerprint density at radius 2 is 1.71 bits per heavy atom. The Morgan fingerprint density at radius 1 is 0.882 bits per heavy atom. The van der Waals surface area contributed by atoms with Gasteiger partial charge in [0.15, 0.2) is 0 Å². The predicted octanol–water partition coefficient (Wildman–Crippen LogP) is 2.71. The summed E-state index contributed by atoms with van der Waals surface area (Å²) in [5.74, 6) is 2.64. The third-order valence-corrected chi connectivity index (χ3v) is 5.29. The van der Waals surface area contributed by atoms with Gasteiger partial charge in [0.1, 0.15) is 0 Å². The standard InChI is InChI=1S/C15H27NO/c17-15-6-2-4-13(15)10-16-14-5-1-3-12(9-14)11-7-8-11/h11-17H,1-10H2. The smallest absolute Gasteiger partial charge is 0.0580 e. The van der Waals surface area contributed by atoms with E-state index in [2.05, 4.69) is 5.32 Å². The molecular formula is C15H27NO. The lowest BCUT2D eigenvalue weighted by atomic mass is 9.82. The van der Waals surface area contributed by atoms with E-state index in [9.17, 15) is 5.11 Å². The van der Waals surface area contributed by atoms with Gasteiger partial charge in [-0.2, -0.15) is 0 Å². The molecule has 2 N–H and O–H groups in total. The first-order chi connectivity index (χ1) is 8.33. The van der Waals surface area contributed by atoms with Crippen molar-refractivity contribution in [3.05, 3.63) is 0 Å². The molecule has 3 rings (SSSR count). The van der Waals surface area contributed by atoms with Crippen LogP contribution in [-0.4, -0.2) is 23.8 Å². The molecule has 0 aromatic carbocycles. The molecule has 98 valence electrons. The molecule has 0 bridgehead atoms. The highest BCUT2D eigenvalue weighted by molar-refractivity contribution is 4.88. The minimum atomic E-state index is -0.0229. The molecule has 0 spiro atoms. The lowest BCUT2D eigenvalue weighted by Gasteiger charge is -2.31. The Morgan fingerprint density at radius 3 is 2.41 bits per heavy atom. The van der Waals surface area contributed by atoms with Crippen LogP contribution in [0.15, 0.2) is 0 Å². The Balaban J connectivity index is 1.41. The lowest BCUT2D eigenvalue weighted by Crippen LogP contribution is -2.39. The zero-order chi connectivity index (χ0) is 11.7. The van der Waals surface area contributed by atoms with Crippen LogP contribution in [0.25, 0.3) is 0 Å². The predicted molar refractivity (Wildman–Crippen MR) is 69.8 cm³/mol.